The highest BCUT2D eigenvalue weighted by Gasteiger charge is 2.08. The third-order valence-corrected chi connectivity index (χ3v) is 3.65. The largest absolute Gasteiger partial charge is 0.452 e. The first-order valence-electron chi connectivity index (χ1n) is 6.79. The SMILES string of the molecule is O=C(COC(=O)/C=C/c1ccc(Cl)cc1)Nc1cc(Cl)ccc1Cl. The van der Waals surface area contributed by atoms with E-state index >= 15 is 0 Å². The van der Waals surface area contributed by atoms with Gasteiger partial charge < -0.3 is 10.1 Å². The van der Waals surface area contributed by atoms with Crippen molar-refractivity contribution in [2.75, 3.05) is 11.9 Å². The maximum atomic E-state index is 11.8. The van der Waals surface area contributed by atoms with Crippen LogP contribution in [0, 0.1) is 0 Å². The molecular formula is C17H12Cl3NO3. The van der Waals surface area contributed by atoms with Gasteiger partial charge in [-0.2, -0.15) is 0 Å². The standard InChI is InChI=1S/C17H12Cl3NO3/c18-12-4-1-11(2-5-12)3-8-17(23)24-10-16(22)21-15-9-13(19)6-7-14(15)20/h1-9H,10H2,(H,21,22)/b8-3+. The zero-order valence-corrected chi connectivity index (χ0v) is 14.5. The molecule has 0 radical (unpaired) electrons. The fourth-order valence-electron chi connectivity index (χ4n) is 1.70. The topological polar surface area (TPSA) is 55.4 Å². The summed E-state index contributed by atoms with van der Waals surface area (Å²) in [5.74, 6) is -1.16. The number of carbonyl (C=O) groups is 2. The second-order valence-corrected chi connectivity index (χ2v) is 5.95. The maximum Gasteiger partial charge on any atom is 0.331 e. The summed E-state index contributed by atoms with van der Waals surface area (Å²) in [6, 6.07) is 11.6. The lowest BCUT2D eigenvalue weighted by molar-refractivity contribution is -0.142. The Bertz CT molecular complexity index is 773. The van der Waals surface area contributed by atoms with E-state index in [9.17, 15) is 9.59 Å². The molecule has 0 heterocycles. The van der Waals surface area contributed by atoms with Crippen LogP contribution in [-0.4, -0.2) is 18.5 Å². The second kappa shape index (κ2) is 8.73. The Balaban J connectivity index is 1.83. The summed E-state index contributed by atoms with van der Waals surface area (Å²) in [5.41, 5.74) is 1.13. The molecule has 0 aliphatic heterocycles. The fourth-order valence-corrected chi connectivity index (χ4v) is 2.17. The quantitative estimate of drug-likeness (QED) is 0.592. The first-order chi connectivity index (χ1) is 11.4. The minimum atomic E-state index is -0.641. The molecule has 1 N–H and O–H groups in total. The molecule has 0 saturated carbocycles. The zero-order chi connectivity index (χ0) is 17.5. The Labute approximate surface area is 154 Å². The molecule has 0 aromatic heterocycles. The molecule has 1 amide bonds. The molecule has 0 fully saturated rings. The van der Waals surface area contributed by atoms with E-state index in [0.29, 0.717) is 20.8 Å². The monoisotopic (exact) mass is 383 g/mol. The number of esters is 1. The van der Waals surface area contributed by atoms with Crippen LogP contribution in [0.5, 0.6) is 0 Å². The van der Waals surface area contributed by atoms with Crippen molar-refractivity contribution in [1.29, 1.82) is 0 Å². The molecular weight excluding hydrogens is 373 g/mol. The van der Waals surface area contributed by atoms with Crippen molar-refractivity contribution in [3.05, 3.63) is 69.2 Å². The smallest absolute Gasteiger partial charge is 0.331 e. The second-order valence-electron chi connectivity index (χ2n) is 4.66. The van der Waals surface area contributed by atoms with Gasteiger partial charge >= 0.3 is 5.97 Å². The summed E-state index contributed by atoms with van der Waals surface area (Å²) in [7, 11) is 0. The number of amides is 1. The van der Waals surface area contributed by atoms with Crippen LogP contribution in [0.1, 0.15) is 5.56 Å². The normalized spacial score (nSPS) is 10.6. The lowest BCUT2D eigenvalue weighted by Crippen LogP contribution is -2.20. The molecule has 2 aromatic carbocycles. The summed E-state index contributed by atoms with van der Waals surface area (Å²) < 4.78 is 4.85. The number of halogens is 3. The van der Waals surface area contributed by atoms with Crippen molar-refractivity contribution in [1.82, 2.24) is 0 Å². The van der Waals surface area contributed by atoms with Crippen LogP contribution >= 0.6 is 34.8 Å². The van der Waals surface area contributed by atoms with E-state index in [2.05, 4.69) is 5.32 Å². The van der Waals surface area contributed by atoms with Crippen LogP contribution in [-0.2, 0) is 14.3 Å². The van der Waals surface area contributed by atoms with Crippen molar-refractivity contribution in [2.45, 2.75) is 0 Å². The molecule has 2 aromatic rings. The number of hydrogen-bond acceptors (Lipinski definition) is 3. The number of carbonyl (C=O) groups excluding carboxylic acids is 2. The summed E-state index contributed by atoms with van der Waals surface area (Å²) in [6.07, 6.45) is 2.79. The van der Waals surface area contributed by atoms with Gasteiger partial charge in [0.25, 0.3) is 5.91 Å². The molecule has 0 saturated heterocycles. The van der Waals surface area contributed by atoms with Crippen LogP contribution < -0.4 is 5.32 Å². The predicted molar refractivity (Wildman–Crippen MR) is 96.5 cm³/mol. The lowest BCUT2D eigenvalue weighted by Gasteiger charge is -2.07. The highest BCUT2D eigenvalue weighted by molar-refractivity contribution is 6.35. The molecule has 0 atom stereocenters. The highest BCUT2D eigenvalue weighted by Crippen LogP contribution is 2.25. The fraction of sp³-hybridized carbons (Fsp3) is 0.0588. The van der Waals surface area contributed by atoms with Gasteiger partial charge in [0.2, 0.25) is 0 Å². The van der Waals surface area contributed by atoms with Crippen molar-refractivity contribution >= 4 is 58.4 Å². The van der Waals surface area contributed by atoms with E-state index in [4.69, 9.17) is 39.5 Å². The number of benzene rings is 2. The van der Waals surface area contributed by atoms with Gasteiger partial charge in [0.15, 0.2) is 6.61 Å². The number of hydrogen-bond donors (Lipinski definition) is 1. The van der Waals surface area contributed by atoms with E-state index < -0.39 is 18.5 Å². The number of ether oxygens (including phenoxy) is 1. The van der Waals surface area contributed by atoms with Gasteiger partial charge in [-0.15, -0.1) is 0 Å². The van der Waals surface area contributed by atoms with Crippen LogP contribution in [0.15, 0.2) is 48.5 Å². The van der Waals surface area contributed by atoms with E-state index in [0.717, 1.165) is 5.56 Å². The Hall–Kier alpha value is -2.01. The molecule has 7 heteroatoms. The molecule has 0 bridgehead atoms. The summed E-state index contributed by atoms with van der Waals surface area (Å²) in [5, 5.41) is 3.88. The number of rotatable bonds is 5. The predicted octanol–water partition coefficient (Wildman–Crippen LogP) is 4.84. The van der Waals surface area contributed by atoms with Gasteiger partial charge in [0, 0.05) is 16.1 Å². The molecule has 0 aliphatic carbocycles. The Morgan fingerprint density at radius 2 is 1.67 bits per heavy atom. The van der Waals surface area contributed by atoms with Crippen LogP contribution in [0.25, 0.3) is 6.08 Å². The molecule has 0 aliphatic rings. The van der Waals surface area contributed by atoms with Crippen molar-refractivity contribution in [3.8, 4) is 0 Å². The third-order valence-electron chi connectivity index (χ3n) is 2.83. The first kappa shape index (κ1) is 18.3. The van der Waals surface area contributed by atoms with Crippen molar-refractivity contribution < 1.29 is 14.3 Å². The van der Waals surface area contributed by atoms with Crippen LogP contribution in [0.2, 0.25) is 15.1 Å². The van der Waals surface area contributed by atoms with Crippen LogP contribution in [0.3, 0.4) is 0 Å². The molecule has 24 heavy (non-hydrogen) atoms. The Kier molecular flexibility index (Phi) is 6.67. The van der Waals surface area contributed by atoms with E-state index in [1.165, 1.54) is 12.1 Å². The van der Waals surface area contributed by atoms with E-state index in [1.54, 1.807) is 42.5 Å². The average molecular weight is 385 g/mol. The zero-order valence-electron chi connectivity index (χ0n) is 12.3. The van der Waals surface area contributed by atoms with Crippen LogP contribution in [0.4, 0.5) is 5.69 Å². The first-order valence-corrected chi connectivity index (χ1v) is 7.93. The minimum absolute atomic E-state index is 0.335. The van der Waals surface area contributed by atoms with Crippen molar-refractivity contribution in [2.24, 2.45) is 0 Å². The van der Waals surface area contributed by atoms with E-state index in [-0.39, 0.29) is 0 Å². The summed E-state index contributed by atoms with van der Waals surface area (Å²) in [6.45, 7) is -0.438. The number of nitrogens with one attached hydrogen (secondary N) is 1. The Morgan fingerprint density at radius 3 is 2.38 bits per heavy atom. The third kappa shape index (κ3) is 5.89. The average Bonchev–Trinajstić information content (AvgIpc) is 2.56. The molecule has 2 rings (SSSR count). The minimum Gasteiger partial charge on any atom is -0.452 e. The molecule has 0 spiro atoms. The van der Waals surface area contributed by atoms with Gasteiger partial charge in [-0.1, -0.05) is 46.9 Å². The molecule has 4 nitrogen and oxygen atoms in total. The lowest BCUT2D eigenvalue weighted by atomic mass is 10.2. The van der Waals surface area contributed by atoms with Gasteiger partial charge in [-0.25, -0.2) is 4.79 Å². The van der Waals surface area contributed by atoms with Gasteiger partial charge in [-0.3, -0.25) is 4.79 Å². The van der Waals surface area contributed by atoms with Crippen molar-refractivity contribution in [3.63, 3.8) is 0 Å². The maximum absolute atomic E-state index is 11.8. The molecule has 0 unspecified atom stereocenters. The van der Waals surface area contributed by atoms with Gasteiger partial charge in [-0.05, 0) is 42.0 Å². The summed E-state index contributed by atoms with van der Waals surface area (Å²) >= 11 is 17.5. The molecule has 124 valence electrons. The van der Waals surface area contributed by atoms with Gasteiger partial charge in [0.1, 0.15) is 0 Å². The van der Waals surface area contributed by atoms with E-state index in [1.807, 2.05) is 0 Å². The van der Waals surface area contributed by atoms with Gasteiger partial charge in [0.05, 0.1) is 10.7 Å². The Morgan fingerprint density at radius 1 is 1.00 bits per heavy atom. The highest BCUT2D eigenvalue weighted by atomic mass is 35.5. The number of anilines is 1. The summed E-state index contributed by atoms with van der Waals surface area (Å²) in [4.78, 5) is 23.4.